The molecule has 0 saturated carbocycles. The summed E-state index contributed by atoms with van der Waals surface area (Å²) in [6.07, 6.45) is 2.87. The predicted octanol–water partition coefficient (Wildman–Crippen LogP) is 6.70. The highest BCUT2D eigenvalue weighted by atomic mass is 35.5. The number of carbonyl (C=O) groups excluding carboxylic acids is 1. The molecule has 0 fully saturated rings. The molecule has 2 aromatic carbocycles. The van der Waals surface area contributed by atoms with Crippen LogP contribution in [0.3, 0.4) is 0 Å². The highest BCUT2D eigenvalue weighted by Crippen LogP contribution is 2.41. The van der Waals surface area contributed by atoms with E-state index in [9.17, 15) is 4.79 Å². The number of Topliss-reactive ketones (excluding diaryl/α,β-unsaturated/α-hetero) is 1. The second-order valence-corrected chi connectivity index (χ2v) is 9.40. The summed E-state index contributed by atoms with van der Waals surface area (Å²) in [5, 5.41) is 8.46. The maximum atomic E-state index is 12.8. The number of benzene rings is 2. The average molecular weight is 448 g/mol. The van der Waals surface area contributed by atoms with E-state index in [1.54, 1.807) is 13.1 Å². The molecule has 0 aliphatic carbocycles. The first-order chi connectivity index (χ1) is 15.1. The molecule has 6 heteroatoms. The van der Waals surface area contributed by atoms with Crippen molar-refractivity contribution in [1.29, 1.82) is 0 Å². The Morgan fingerprint density at radius 3 is 2.41 bits per heavy atom. The van der Waals surface area contributed by atoms with Crippen LogP contribution in [0.5, 0.6) is 0 Å². The molecular weight excluding hydrogens is 422 g/mol. The molecule has 164 valence electrons. The number of hydrogen-bond acceptors (Lipinski definition) is 4. The van der Waals surface area contributed by atoms with E-state index in [0.717, 1.165) is 44.4 Å². The fourth-order valence-corrected chi connectivity index (χ4v) is 4.06. The van der Waals surface area contributed by atoms with Gasteiger partial charge >= 0.3 is 0 Å². The summed E-state index contributed by atoms with van der Waals surface area (Å²) < 4.78 is 6.28. The van der Waals surface area contributed by atoms with Crippen molar-refractivity contribution in [3.8, 4) is 22.4 Å². The van der Waals surface area contributed by atoms with Crippen molar-refractivity contribution in [2.75, 3.05) is 0 Å². The summed E-state index contributed by atoms with van der Waals surface area (Å²) in [7, 11) is 0. The Labute approximate surface area is 192 Å². The highest BCUT2D eigenvalue weighted by Gasteiger charge is 2.29. The lowest BCUT2D eigenvalue weighted by molar-refractivity contribution is -0.138. The van der Waals surface area contributed by atoms with E-state index >= 15 is 0 Å². The summed E-state index contributed by atoms with van der Waals surface area (Å²) in [6, 6.07) is 13.7. The van der Waals surface area contributed by atoms with E-state index in [0.29, 0.717) is 5.02 Å². The number of hydrogen-bond donors (Lipinski definition) is 1. The Bertz CT molecular complexity index is 1270. The van der Waals surface area contributed by atoms with Gasteiger partial charge in [0, 0.05) is 22.2 Å². The SMILES string of the molecule is CC(=O)[C@@H](OC(C)(C)C)c1c(C)cc2nc(-c3cn[nH]c3)ccc2c1-c1ccc(Cl)cc1. The van der Waals surface area contributed by atoms with Gasteiger partial charge in [0.1, 0.15) is 6.10 Å². The third-order valence-electron chi connectivity index (χ3n) is 5.27. The molecule has 1 N–H and O–H groups in total. The number of rotatable bonds is 5. The lowest BCUT2D eigenvalue weighted by atomic mass is 9.87. The highest BCUT2D eigenvalue weighted by molar-refractivity contribution is 6.30. The van der Waals surface area contributed by atoms with Crippen molar-refractivity contribution in [2.45, 2.75) is 46.3 Å². The van der Waals surface area contributed by atoms with Gasteiger partial charge in [0.25, 0.3) is 0 Å². The van der Waals surface area contributed by atoms with E-state index in [-0.39, 0.29) is 5.78 Å². The van der Waals surface area contributed by atoms with E-state index in [2.05, 4.69) is 10.2 Å². The molecule has 0 amide bonds. The van der Waals surface area contributed by atoms with Crippen LogP contribution >= 0.6 is 11.6 Å². The van der Waals surface area contributed by atoms with Gasteiger partial charge in [0.2, 0.25) is 0 Å². The van der Waals surface area contributed by atoms with Crippen LogP contribution in [0.15, 0.2) is 54.9 Å². The number of aryl methyl sites for hydroxylation is 1. The molecule has 2 heterocycles. The third kappa shape index (κ3) is 4.45. The number of aromatic amines is 1. The minimum atomic E-state index is -0.696. The Morgan fingerprint density at radius 1 is 1.09 bits per heavy atom. The standard InChI is InChI=1S/C26H26ClN3O2/c1-15-12-22-20(10-11-21(30-22)18-13-28-29-14-18)24(17-6-8-19(27)9-7-17)23(15)25(16(2)31)32-26(3,4)5/h6-14,25H,1-5H3,(H,28,29)/t25-/m1/s1. The number of ether oxygens (including phenoxy) is 1. The number of pyridine rings is 1. The fraction of sp³-hybridized carbons (Fsp3) is 0.269. The molecule has 0 unspecified atom stereocenters. The molecule has 0 aliphatic rings. The normalized spacial score (nSPS) is 12.8. The topological polar surface area (TPSA) is 67.9 Å². The van der Waals surface area contributed by atoms with Crippen molar-refractivity contribution < 1.29 is 9.53 Å². The number of halogens is 1. The Hall–Kier alpha value is -3.02. The fourth-order valence-electron chi connectivity index (χ4n) is 3.94. The maximum absolute atomic E-state index is 12.8. The summed E-state index contributed by atoms with van der Waals surface area (Å²) in [6.45, 7) is 9.45. The second-order valence-electron chi connectivity index (χ2n) is 8.96. The molecule has 0 saturated heterocycles. The molecule has 2 aromatic heterocycles. The maximum Gasteiger partial charge on any atom is 0.163 e. The number of nitrogens with zero attached hydrogens (tertiary/aromatic N) is 2. The van der Waals surface area contributed by atoms with Crippen LogP contribution in [0, 0.1) is 6.92 Å². The number of aromatic nitrogens is 3. The van der Waals surface area contributed by atoms with Crippen LogP contribution in [0.2, 0.25) is 5.02 Å². The number of carbonyl (C=O) groups is 1. The second kappa shape index (κ2) is 8.49. The molecule has 0 bridgehead atoms. The van der Waals surface area contributed by atoms with Gasteiger partial charge in [-0.2, -0.15) is 5.10 Å². The van der Waals surface area contributed by atoms with Crippen LogP contribution < -0.4 is 0 Å². The smallest absolute Gasteiger partial charge is 0.163 e. The zero-order chi connectivity index (χ0) is 23.0. The third-order valence-corrected chi connectivity index (χ3v) is 5.52. The Morgan fingerprint density at radius 2 is 1.81 bits per heavy atom. The average Bonchev–Trinajstić information content (AvgIpc) is 3.26. The molecule has 4 aromatic rings. The molecule has 32 heavy (non-hydrogen) atoms. The quantitative estimate of drug-likeness (QED) is 0.369. The predicted molar refractivity (Wildman–Crippen MR) is 129 cm³/mol. The zero-order valence-electron chi connectivity index (χ0n) is 18.9. The molecule has 0 spiro atoms. The Kier molecular flexibility index (Phi) is 5.89. The molecule has 1 atom stereocenters. The first-order valence-corrected chi connectivity index (χ1v) is 10.9. The van der Waals surface area contributed by atoms with Gasteiger partial charge < -0.3 is 4.74 Å². The molecule has 5 nitrogen and oxygen atoms in total. The van der Waals surface area contributed by atoms with Gasteiger partial charge in [-0.25, -0.2) is 4.98 Å². The van der Waals surface area contributed by atoms with Gasteiger partial charge in [-0.3, -0.25) is 9.89 Å². The summed E-state index contributed by atoms with van der Waals surface area (Å²) >= 11 is 6.17. The van der Waals surface area contributed by atoms with E-state index < -0.39 is 11.7 Å². The van der Waals surface area contributed by atoms with Crippen LogP contribution in [-0.2, 0) is 9.53 Å². The monoisotopic (exact) mass is 447 g/mol. The molecule has 0 aliphatic heterocycles. The lowest BCUT2D eigenvalue weighted by Crippen LogP contribution is -2.27. The largest absolute Gasteiger partial charge is 0.360 e. The minimum absolute atomic E-state index is 0.0411. The van der Waals surface area contributed by atoms with Gasteiger partial charge in [-0.1, -0.05) is 29.8 Å². The van der Waals surface area contributed by atoms with Crippen LogP contribution in [0.1, 0.15) is 44.9 Å². The number of ketones is 1. The van der Waals surface area contributed by atoms with Crippen molar-refractivity contribution >= 4 is 28.3 Å². The van der Waals surface area contributed by atoms with Gasteiger partial charge in [0.05, 0.1) is 23.0 Å². The molecule has 4 rings (SSSR count). The molecule has 0 radical (unpaired) electrons. The van der Waals surface area contributed by atoms with Gasteiger partial charge in [-0.05, 0) is 81.1 Å². The van der Waals surface area contributed by atoms with E-state index in [4.69, 9.17) is 21.3 Å². The zero-order valence-corrected chi connectivity index (χ0v) is 19.6. The summed E-state index contributed by atoms with van der Waals surface area (Å²) in [5.74, 6) is -0.0411. The van der Waals surface area contributed by atoms with Gasteiger partial charge in [0.15, 0.2) is 5.78 Å². The lowest BCUT2D eigenvalue weighted by Gasteiger charge is -2.29. The first kappa shape index (κ1) is 22.2. The number of H-pyrrole nitrogens is 1. The summed E-state index contributed by atoms with van der Waals surface area (Å²) in [4.78, 5) is 17.7. The number of fused-ring (bicyclic) bond motifs is 1. The van der Waals surface area contributed by atoms with Crippen LogP contribution in [-0.4, -0.2) is 26.6 Å². The van der Waals surface area contributed by atoms with Crippen molar-refractivity contribution in [3.63, 3.8) is 0 Å². The van der Waals surface area contributed by atoms with Gasteiger partial charge in [-0.15, -0.1) is 0 Å². The molecular formula is C26H26ClN3O2. The summed E-state index contributed by atoms with van der Waals surface area (Å²) in [5.41, 5.74) is 5.80. The van der Waals surface area contributed by atoms with E-state index in [1.165, 1.54) is 0 Å². The van der Waals surface area contributed by atoms with Crippen LogP contribution in [0.4, 0.5) is 0 Å². The number of nitrogens with one attached hydrogen (secondary N) is 1. The van der Waals surface area contributed by atoms with Crippen molar-refractivity contribution in [1.82, 2.24) is 15.2 Å². The Balaban J connectivity index is 2.03. The first-order valence-electron chi connectivity index (χ1n) is 10.5. The van der Waals surface area contributed by atoms with Crippen molar-refractivity contribution in [3.05, 3.63) is 71.0 Å². The van der Waals surface area contributed by atoms with E-state index in [1.807, 2.05) is 76.4 Å². The minimum Gasteiger partial charge on any atom is -0.360 e. The van der Waals surface area contributed by atoms with Crippen LogP contribution in [0.25, 0.3) is 33.3 Å². The van der Waals surface area contributed by atoms with Crippen molar-refractivity contribution in [2.24, 2.45) is 0 Å².